The minimum Gasteiger partial charge on any atom is -0.299 e. The molecule has 0 N–H and O–H groups in total. The summed E-state index contributed by atoms with van der Waals surface area (Å²) in [6.45, 7) is 5.90. The van der Waals surface area contributed by atoms with Crippen LogP contribution in [0.5, 0.6) is 0 Å². The SMILES string of the molecule is CCC1(CC)C(=O)C[C@H](c2ccc(C)cc2)C1=O. The molecule has 2 rings (SSSR count). The van der Waals surface area contributed by atoms with Crippen LogP contribution < -0.4 is 0 Å². The Labute approximate surface area is 108 Å². The first-order valence-corrected chi connectivity index (χ1v) is 6.69. The van der Waals surface area contributed by atoms with Gasteiger partial charge in [0.1, 0.15) is 5.78 Å². The Morgan fingerprint density at radius 2 is 1.67 bits per heavy atom. The van der Waals surface area contributed by atoms with Gasteiger partial charge in [-0.05, 0) is 25.3 Å². The number of hydrogen-bond donors (Lipinski definition) is 0. The maximum absolute atomic E-state index is 12.6. The van der Waals surface area contributed by atoms with Crippen LogP contribution in [0.1, 0.15) is 50.2 Å². The van der Waals surface area contributed by atoms with Gasteiger partial charge in [0.2, 0.25) is 0 Å². The highest BCUT2D eigenvalue weighted by molar-refractivity contribution is 6.16. The third-order valence-electron chi connectivity index (χ3n) is 4.40. The molecule has 96 valence electrons. The van der Waals surface area contributed by atoms with E-state index >= 15 is 0 Å². The van der Waals surface area contributed by atoms with Gasteiger partial charge in [-0.25, -0.2) is 0 Å². The number of rotatable bonds is 3. The maximum Gasteiger partial charge on any atom is 0.154 e. The van der Waals surface area contributed by atoms with Gasteiger partial charge in [-0.1, -0.05) is 43.7 Å². The van der Waals surface area contributed by atoms with Crippen molar-refractivity contribution in [2.24, 2.45) is 5.41 Å². The van der Waals surface area contributed by atoms with Crippen LogP contribution in [0.2, 0.25) is 0 Å². The first-order chi connectivity index (χ1) is 8.55. The molecule has 0 unspecified atom stereocenters. The van der Waals surface area contributed by atoms with E-state index in [9.17, 15) is 9.59 Å². The Balaban J connectivity index is 2.36. The fraction of sp³-hybridized carbons (Fsp3) is 0.500. The molecule has 0 aromatic heterocycles. The number of carbonyl (C=O) groups is 2. The van der Waals surface area contributed by atoms with Crippen molar-refractivity contribution in [2.75, 3.05) is 0 Å². The van der Waals surface area contributed by atoms with Gasteiger partial charge in [0.05, 0.1) is 11.3 Å². The standard InChI is InChI=1S/C16H20O2/c1-4-16(5-2)14(17)10-13(15(16)18)12-8-6-11(3)7-9-12/h6-9,13H,4-5,10H2,1-3H3/t13-/m1/s1. The second-order valence-electron chi connectivity index (χ2n) is 5.24. The first kappa shape index (κ1) is 13.0. The molecule has 1 aliphatic carbocycles. The molecule has 0 aliphatic heterocycles. The van der Waals surface area contributed by atoms with Crippen molar-refractivity contribution in [1.29, 1.82) is 0 Å². The highest BCUT2D eigenvalue weighted by Gasteiger charge is 2.52. The summed E-state index contributed by atoms with van der Waals surface area (Å²) < 4.78 is 0. The van der Waals surface area contributed by atoms with Gasteiger partial charge in [0.25, 0.3) is 0 Å². The summed E-state index contributed by atoms with van der Waals surface area (Å²) >= 11 is 0. The zero-order chi connectivity index (χ0) is 13.3. The second kappa shape index (κ2) is 4.68. The van der Waals surface area contributed by atoms with Gasteiger partial charge in [0.15, 0.2) is 5.78 Å². The zero-order valence-corrected chi connectivity index (χ0v) is 11.3. The summed E-state index contributed by atoms with van der Waals surface area (Å²) in [6, 6.07) is 7.97. The molecule has 1 atom stereocenters. The van der Waals surface area contributed by atoms with Crippen LogP contribution in [-0.2, 0) is 9.59 Å². The molecule has 0 bridgehead atoms. The lowest BCUT2D eigenvalue weighted by Gasteiger charge is -2.22. The summed E-state index contributed by atoms with van der Waals surface area (Å²) in [5.41, 5.74) is 1.45. The molecule has 1 aromatic rings. The van der Waals surface area contributed by atoms with Crippen LogP contribution in [0.25, 0.3) is 0 Å². The maximum atomic E-state index is 12.6. The molecular weight excluding hydrogens is 224 g/mol. The van der Waals surface area contributed by atoms with E-state index in [1.165, 1.54) is 5.56 Å². The normalized spacial score (nSPS) is 22.5. The second-order valence-corrected chi connectivity index (χ2v) is 5.24. The van der Waals surface area contributed by atoms with Gasteiger partial charge >= 0.3 is 0 Å². The van der Waals surface area contributed by atoms with Gasteiger partial charge in [0, 0.05) is 6.42 Å². The number of hydrogen-bond acceptors (Lipinski definition) is 2. The molecule has 0 heterocycles. The molecule has 0 saturated heterocycles. The molecular formula is C16H20O2. The lowest BCUT2D eigenvalue weighted by molar-refractivity contribution is -0.135. The third kappa shape index (κ3) is 1.80. The quantitative estimate of drug-likeness (QED) is 0.763. The largest absolute Gasteiger partial charge is 0.299 e. The molecule has 0 radical (unpaired) electrons. The van der Waals surface area contributed by atoms with E-state index in [2.05, 4.69) is 0 Å². The molecule has 2 nitrogen and oxygen atoms in total. The van der Waals surface area contributed by atoms with Crippen LogP contribution >= 0.6 is 0 Å². The highest BCUT2D eigenvalue weighted by Crippen LogP contribution is 2.44. The molecule has 0 spiro atoms. The number of ketones is 2. The van der Waals surface area contributed by atoms with Gasteiger partial charge in [-0.2, -0.15) is 0 Å². The van der Waals surface area contributed by atoms with E-state index in [4.69, 9.17) is 0 Å². The Hall–Kier alpha value is -1.44. The molecule has 1 fully saturated rings. The molecule has 18 heavy (non-hydrogen) atoms. The van der Waals surface area contributed by atoms with Crippen molar-refractivity contribution >= 4 is 11.6 Å². The number of Topliss-reactive ketones (excluding diaryl/α,β-unsaturated/α-hetero) is 2. The Kier molecular flexibility index (Phi) is 3.38. The van der Waals surface area contributed by atoms with E-state index in [-0.39, 0.29) is 17.5 Å². The van der Waals surface area contributed by atoms with Crippen molar-refractivity contribution in [3.05, 3.63) is 35.4 Å². The van der Waals surface area contributed by atoms with Gasteiger partial charge in [-0.15, -0.1) is 0 Å². The Bertz CT molecular complexity index is 466. The third-order valence-corrected chi connectivity index (χ3v) is 4.40. The van der Waals surface area contributed by atoms with E-state index in [0.717, 1.165) is 5.56 Å². The van der Waals surface area contributed by atoms with Gasteiger partial charge in [-0.3, -0.25) is 9.59 Å². The molecule has 2 heteroatoms. The number of benzene rings is 1. The van der Waals surface area contributed by atoms with Crippen LogP contribution in [0.3, 0.4) is 0 Å². The Morgan fingerprint density at radius 3 is 2.11 bits per heavy atom. The van der Waals surface area contributed by atoms with E-state index < -0.39 is 5.41 Å². The lowest BCUT2D eigenvalue weighted by atomic mass is 9.77. The summed E-state index contributed by atoms with van der Waals surface area (Å²) in [5.74, 6) is 0.0300. The average Bonchev–Trinajstić information content (AvgIpc) is 2.63. The summed E-state index contributed by atoms with van der Waals surface area (Å²) in [4.78, 5) is 24.8. The zero-order valence-electron chi connectivity index (χ0n) is 11.3. The van der Waals surface area contributed by atoms with Crippen molar-refractivity contribution in [3.8, 4) is 0 Å². The van der Waals surface area contributed by atoms with Crippen molar-refractivity contribution in [2.45, 2.75) is 46.0 Å². The number of aryl methyl sites for hydroxylation is 1. The molecule has 1 saturated carbocycles. The van der Waals surface area contributed by atoms with E-state index in [0.29, 0.717) is 19.3 Å². The van der Waals surface area contributed by atoms with Crippen molar-refractivity contribution in [1.82, 2.24) is 0 Å². The van der Waals surface area contributed by atoms with Crippen LogP contribution in [0.4, 0.5) is 0 Å². The molecule has 1 aliphatic rings. The predicted molar refractivity (Wildman–Crippen MR) is 71.6 cm³/mol. The fourth-order valence-electron chi connectivity index (χ4n) is 3.01. The monoisotopic (exact) mass is 244 g/mol. The van der Waals surface area contributed by atoms with Crippen LogP contribution in [0, 0.1) is 12.3 Å². The predicted octanol–water partition coefficient (Wildman–Crippen LogP) is 3.43. The number of carbonyl (C=O) groups excluding carboxylic acids is 2. The summed E-state index contributed by atoms with van der Waals surface area (Å²) in [6.07, 6.45) is 1.64. The highest BCUT2D eigenvalue weighted by atomic mass is 16.2. The van der Waals surface area contributed by atoms with Crippen LogP contribution in [0.15, 0.2) is 24.3 Å². The first-order valence-electron chi connectivity index (χ1n) is 6.69. The fourth-order valence-corrected chi connectivity index (χ4v) is 3.01. The minimum absolute atomic E-state index is 0.126. The Morgan fingerprint density at radius 1 is 1.11 bits per heavy atom. The minimum atomic E-state index is -0.713. The van der Waals surface area contributed by atoms with Crippen LogP contribution in [-0.4, -0.2) is 11.6 Å². The average molecular weight is 244 g/mol. The smallest absolute Gasteiger partial charge is 0.154 e. The lowest BCUT2D eigenvalue weighted by Crippen LogP contribution is -2.32. The van der Waals surface area contributed by atoms with E-state index in [1.807, 2.05) is 45.0 Å². The van der Waals surface area contributed by atoms with E-state index in [1.54, 1.807) is 0 Å². The van der Waals surface area contributed by atoms with Gasteiger partial charge < -0.3 is 0 Å². The van der Waals surface area contributed by atoms with Crippen molar-refractivity contribution < 1.29 is 9.59 Å². The summed E-state index contributed by atoms with van der Waals surface area (Å²) in [7, 11) is 0. The molecule has 0 amide bonds. The van der Waals surface area contributed by atoms with Crippen molar-refractivity contribution in [3.63, 3.8) is 0 Å². The molecule has 1 aromatic carbocycles. The topological polar surface area (TPSA) is 34.1 Å². The summed E-state index contributed by atoms with van der Waals surface area (Å²) in [5, 5.41) is 0.